The Hall–Kier alpha value is -2.74. The fourth-order valence-electron chi connectivity index (χ4n) is 2.58. The Morgan fingerprint density at radius 3 is 2.47 bits per heavy atom. The topological polar surface area (TPSA) is 142 Å². The number of nitrogen functional groups attached to an aromatic ring is 1. The minimum Gasteiger partial charge on any atom is -0.507 e. The van der Waals surface area contributed by atoms with Crippen LogP contribution in [0.25, 0.3) is 10.8 Å². The maximum atomic E-state index is 12.0. The number of hydrogen-bond donors (Lipinski definition) is 2. The van der Waals surface area contributed by atoms with Gasteiger partial charge in [0, 0.05) is 11.5 Å². The normalized spacial score (nSPS) is 12.1. The van der Waals surface area contributed by atoms with Crippen LogP contribution in [0.3, 0.4) is 0 Å². The van der Waals surface area contributed by atoms with Gasteiger partial charge in [0.25, 0.3) is 10.1 Å². The van der Waals surface area contributed by atoms with Gasteiger partial charge in [0.1, 0.15) is 11.4 Å². The van der Waals surface area contributed by atoms with Crippen LogP contribution in [0.15, 0.2) is 68.6 Å². The molecular formula is C18H17N3O7S2. The number of nitrogens with zero attached hydrogens (tertiary/aromatic N) is 2. The largest absolute Gasteiger partial charge is 0.507 e. The number of aromatic hydroxyl groups is 1. The van der Waals surface area contributed by atoms with E-state index < -0.39 is 10.1 Å². The molecule has 0 saturated carbocycles. The van der Waals surface area contributed by atoms with E-state index >= 15 is 0 Å². The molecule has 3 N–H and O–H groups in total. The lowest BCUT2D eigenvalue weighted by atomic mass is 10.1. The van der Waals surface area contributed by atoms with Crippen LogP contribution in [-0.4, -0.2) is 27.7 Å². The first-order valence-corrected chi connectivity index (χ1v) is 10.4. The van der Waals surface area contributed by atoms with Crippen molar-refractivity contribution in [3.8, 4) is 5.75 Å². The number of azo groups is 1. The van der Waals surface area contributed by atoms with Crippen molar-refractivity contribution in [2.45, 2.75) is 9.79 Å². The molecule has 0 spiro atoms. The lowest BCUT2D eigenvalue weighted by Gasteiger charge is -2.13. The Balaban J connectivity index is 2.19. The number of hydrogen-bond acceptors (Lipinski definition) is 11. The lowest BCUT2D eigenvalue weighted by Crippen LogP contribution is -2.03. The SMILES string of the molecule is COOOSc1cc2cc(S(=O)(=O)OC)cc(O)c2c(N)c1N=Nc1ccccc1. The highest BCUT2D eigenvalue weighted by atomic mass is 32.2. The van der Waals surface area contributed by atoms with Gasteiger partial charge in [0.05, 0.1) is 47.4 Å². The van der Waals surface area contributed by atoms with E-state index in [1.165, 1.54) is 19.2 Å². The quantitative estimate of drug-likeness (QED) is 0.0969. The molecular weight excluding hydrogens is 434 g/mol. The second-order valence-corrected chi connectivity index (χ2v) is 8.18. The summed E-state index contributed by atoms with van der Waals surface area (Å²) in [6.45, 7) is 0. The Bertz CT molecular complexity index is 1190. The van der Waals surface area contributed by atoms with Gasteiger partial charge in [0.15, 0.2) is 0 Å². The van der Waals surface area contributed by atoms with Gasteiger partial charge in [-0.25, -0.2) is 4.89 Å². The summed E-state index contributed by atoms with van der Waals surface area (Å²) in [7, 11) is -1.76. The van der Waals surface area contributed by atoms with Crippen LogP contribution in [0.5, 0.6) is 5.75 Å². The first kappa shape index (κ1) is 22.0. The third-order valence-corrected chi connectivity index (χ3v) is 5.78. The molecule has 0 heterocycles. The highest BCUT2D eigenvalue weighted by molar-refractivity contribution is 7.94. The van der Waals surface area contributed by atoms with Gasteiger partial charge < -0.3 is 10.8 Å². The molecule has 0 bridgehead atoms. The van der Waals surface area contributed by atoms with Crippen LogP contribution < -0.4 is 5.73 Å². The summed E-state index contributed by atoms with van der Waals surface area (Å²) in [5.74, 6) is -0.359. The van der Waals surface area contributed by atoms with E-state index in [-0.39, 0.29) is 27.4 Å². The van der Waals surface area contributed by atoms with Gasteiger partial charge in [0.2, 0.25) is 0 Å². The molecule has 0 aliphatic carbocycles. The molecule has 0 unspecified atom stereocenters. The maximum Gasteiger partial charge on any atom is 0.296 e. The van der Waals surface area contributed by atoms with E-state index in [0.29, 0.717) is 16.0 Å². The average Bonchev–Trinajstić information content (AvgIpc) is 2.73. The number of rotatable bonds is 8. The van der Waals surface area contributed by atoms with Gasteiger partial charge in [-0.05, 0) is 29.7 Å². The maximum absolute atomic E-state index is 12.0. The second kappa shape index (κ2) is 9.38. The zero-order chi connectivity index (χ0) is 21.7. The number of benzene rings is 3. The smallest absolute Gasteiger partial charge is 0.296 e. The van der Waals surface area contributed by atoms with Crippen molar-refractivity contribution in [3.63, 3.8) is 0 Å². The number of anilines is 1. The Labute approximate surface area is 176 Å². The molecule has 158 valence electrons. The van der Waals surface area contributed by atoms with Gasteiger partial charge >= 0.3 is 0 Å². The lowest BCUT2D eigenvalue weighted by molar-refractivity contribution is -0.447. The molecule has 0 amide bonds. The summed E-state index contributed by atoms with van der Waals surface area (Å²) in [5, 5.41) is 23.7. The van der Waals surface area contributed by atoms with Gasteiger partial charge in [-0.3, -0.25) is 4.18 Å². The van der Waals surface area contributed by atoms with E-state index in [4.69, 9.17) is 10.1 Å². The van der Waals surface area contributed by atoms with Crippen molar-refractivity contribution >= 4 is 50.0 Å². The predicted molar refractivity (Wildman–Crippen MR) is 110 cm³/mol. The van der Waals surface area contributed by atoms with Crippen molar-refractivity contribution < 1.29 is 32.0 Å². The van der Waals surface area contributed by atoms with Crippen LogP contribution in [0.2, 0.25) is 0 Å². The minimum atomic E-state index is -4.04. The van der Waals surface area contributed by atoms with Crippen molar-refractivity contribution in [1.82, 2.24) is 0 Å². The van der Waals surface area contributed by atoms with Gasteiger partial charge in [-0.1, -0.05) is 23.2 Å². The van der Waals surface area contributed by atoms with Crippen molar-refractivity contribution in [2.75, 3.05) is 20.0 Å². The van der Waals surface area contributed by atoms with E-state index in [2.05, 4.69) is 24.3 Å². The van der Waals surface area contributed by atoms with Gasteiger partial charge in [-0.2, -0.15) is 13.5 Å². The first-order valence-electron chi connectivity index (χ1n) is 8.28. The monoisotopic (exact) mass is 451 g/mol. The zero-order valence-corrected chi connectivity index (χ0v) is 17.4. The van der Waals surface area contributed by atoms with Crippen LogP contribution in [0.4, 0.5) is 17.1 Å². The summed E-state index contributed by atoms with van der Waals surface area (Å²) < 4.78 is 33.4. The number of phenolic OH excluding ortho intramolecular Hbond substituents is 1. The van der Waals surface area contributed by atoms with Crippen LogP contribution in [0, 0.1) is 0 Å². The summed E-state index contributed by atoms with van der Waals surface area (Å²) in [5.41, 5.74) is 7.07. The van der Waals surface area contributed by atoms with E-state index in [1.54, 1.807) is 24.3 Å². The molecule has 0 atom stereocenters. The van der Waals surface area contributed by atoms with Crippen LogP contribution >= 0.6 is 12.0 Å². The van der Waals surface area contributed by atoms with Crippen molar-refractivity contribution in [1.29, 1.82) is 0 Å². The molecule has 0 aliphatic rings. The molecule has 10 nitrogen and oxygen atoms in total. The third-order valence-electron chi connectivity index (χ3n) is 3.92. The van der Waals surface area contributed by atoms with E-state index in [9.17, 15) is 13.5 Å². The summed E-state index contributed by atoms with van der Waals surface area (Å²) in [6.07, 6.45) is 0. The van der Waals surface area contributed by atoms with E-state index in [0.717, 1.165) is 25.2 Å². The number of fused-ring (bicyclic) bond motifs is 1. The Morgan fingerprint density at radius 1 is 1.07 bits per heavy atom. The Morgan fingerprint density at radius 2 is 1.80 bits per heavy atom. The molecule has 0 fully saturated rings. The molecule has 3 aromatic carbocycles. The van der Waals surface area contributed by atoms with Crippen LogP contribution in [0.1, 0.15) is 0 Å². The molecule has 0 saturated heterocycles. The molecule has 0 radical (unpaired) electrons. The highest BCUT2D eigenvalue weighted by Crippen LogP contribution is 2.45. The van der Waals surface area contributed by atoms with Crippen LogP contribution in [-0.2, 0) is 28.6 Å². The molecule has 3 rings (SSSR count). The summed E-state index contributed by atoms with van der Waals surface area (Å²) in [6, 6.07) is 12.8. The average molecular weight is 451 g/mol. The zero-order valence-electron chi connectivity index (χ0n) is 15.8. The fraction of sp³-hybridized carbons (Fsp3) is 0.111. The molecule has 0 aliphatic heterocycles. The molecule has 12 heteroatoms. The van der Waals surface area contributed by atoms with Crippen molar-refractivity contribution in [2.24, 2.45) is 10.2 Å². The minimum absolute atomic E-state index is 0.0644. The first-order chi connectivity index (χ1) is 14.4. The second-order valence-electron chi connectivity index (χ2n) is 5.72. The fourth-order valence-corrected chi connectivity index (χ4v) is 3.86. The van der Waals surface area contributed by atoms with Crippen molar-refractivity contribution in [3.05, 3.63) is 48.5 Å². The molecule has 3 aromatic rings. The van der Waals surface area contributed by atoms with Gasteiger partial charge in [-0.15, -0.1) is 9.45 Å². The Kier molecular flexibility index (Phi) is 6.87. The molecule has 0 aromatic heterocycles. The summed E-state index contributed by atoms with van der Waals surface area (Å²) >= 11 is 0.717. The highest BCUT2D eigenvalue weighted by Gasteiger charge is 2.21. The standard InChI is InChI=1S/C18H17N3O7S2/c1-25-27-28-29-15-9-11-8-13(30(23,24)26-2)10-14(22)16(11)17(19)18(15)21-20-12-6-4-3-5-7-12/h3-10,22H,19H2,1-2H3. The summed E-state index contributed by atoms with van der Waals surface area (Å²) in [4.78, 5) is 4.48. The van der Waals surface area contributed by atoms with E-state index in [1.807, 2.05) is 6.07 Å². The number of nitrogens with two attached hydrogens (primary N) is 1. The number of phenols is 1. The predicted octanol–water partition coefficient (Wildman–Crippen LogP) is 4.39. The third kappa shape index (κ3) is 4.70. The molecule has 30 heavy (non-hydrogen) atoms.